The molecule has 0 aliphatic rings. The number of rotatable bonds is 4. The number of hydrogen-bond donors (Lipinski definition) is 1. The molecular weight excluding hydrogens is 308 g/mol. The third kappa shape index (κ3) is 4.06. The van der Waals surface area contributed by atoms with Crippen molar-refractivity contribution in [2.75, 3.05) is 0 Å². The molecule has 1 N–H and O–H groups in total. The summed E-state index contributed by atoms with van der Waals surface area (Å²) in [5, 5.41) is 9.50. The number of amides is 1. The molecule has 0 fully saturated rings. The lowest BCUT2D eigenvalue weighted by atomic mass is 9.97. The van der Waals surface area contributed by atoms with E-state index in [1.54, 1.807) is 18.5 Å². The highest BCUT2D eigenvalue weighted by molar-refractivity contribution is 9.10. The molecule has 0 aromatic carbocycles. The summed E-state index contributed by atoms with van der Waals surface area (Å²) in [6.45, 7) is 9.35. The normalized spacial score (nSPS) is 12.8. The van der Waals surface area contributed by atoms with Gasteiger partial charge >= 0.3 is 6.09 Å². The highest BCUT2D eigenvalue weighted by Gasteiger charge is 2.33. The van der Waals surface area contributed by atoms with Crippen LogP contribution in [0.4, 0.5) is 4.79 Å². The molecule has 1 rings (SSSR count). The van der Waals surface area contributed by atoms with Crippen LogP contribution in [-0.2, 0) is 0 Å². The standard InChI is InChI=1S/C14H19BrN2O2/c1-5-6-12(10-7-11(15)9-16-8-10)17(13(18)19)14(2,3)4/h5,7-9,12H,1,6H2,2-4H3,(H,18,19)/t12-/m0/s1. The van der Waals surface area contributed by atoms with Crippen LogP contribution in [-0.4, -0.2) is 26.6 Å². The van der Waals surface area contributed by atoms with Gasteiger partial charge < -0.3 is 5.11 Å². The smallest absolute Gasteiger partial charge is 0.408 e. The van der Waals surface area contributed by atoms with E-state index in [4.69, 9.17) is 0 Å². The topological polar surface area (TPSA) is 53.4 Å². The van der Waals surface area contributed by atoms with Gasteiger partial charge in [0.15, 0.2) is 0 Å². The molecule has 5 heteroatoms. The van der Waals surface area contributed by atoms with E-state index in [1.807, 2.05) is 26.8 Å². The van der Waals surface area contributed by atoms with Crippen molar-refractivity contribution < 1.29 is 9.90 Å². The van der Waals surface area contributed by atoms with Crippen LogP contribution in [0.2, 0.25) is 0 Å². The first-order chi connectivity index (χ1) is 8.77. The van der Waals surface area contributed by atoms with E-state index in [2.05, 4.69) is 27.5 Å². The van der Waals surface area contributed by atoms with Gasteiger partial charge in [-0.15, -0.1) is 6.58 Å². The van der Waals surface area contributed by atoms with E-state index in [-0.39, 0.29) is 6.04 Å². The Hall–Kier alpha value is -1.36. The minimum atomic E-state index is -0.945. The van der Waals surface area contributed by atoms with E-state index in [1.165, 1.54) is 4.90 Å². The second-order valence-corrected chi connectivity index (χ2v) is 6.22. The van der Waals surface area contributed by atoms with Crippen molar-refractivity contribution in [1.82, 2.24) is 9.88 Å². The number of halogens is 1. The molecule has 0 aliphatic heterocycles. The Morgan fingerprint density at radius 1 is 1.58 bits per heavy atom. The lowest BCUT2D eigenvalue weighted by molar-refractivity contribution is 0.0703. The lowest BCUT2D eigenvalue weighted by Gasteiger charge is -2.39. The summed E-state index contributed by atoms with van der Waals surface area (Å²) < 4.78 is 0.832. The Bertz CT molecular complexity index is 469. The Balaban J connectivity index is 3.25. The average Bonchev–Trinajstić information content (AvgIpc) is 2.26. The van der Waals surface area contributed by atoms with E-state index in [0.717, 1.165) is 10.0 Å². The zero-order valence-corrected chi connectivity index (χ0v) is 13.0. The summed E-state index contributed by atoms with van der Waals surface area (Å²) in [5.41, 5.74) is 0.355. The van der Waals surface area contributed by atoms with Crippen molar-refractivity contribution in [2.45, 2.75) is 38.8 Å². The van der Waals surface area contributed by atoms with Crippen LogP contribution in [0.1, 0.15) is 38.8 Å². The van der Waals surface area contributed by atoms with E-state index in [0.29, 0.717) is 6.42 Å². The maximum Gasteiger partial charge on any atom is 0.408 e. The molecule has 0 saturated carbocycles. The molecule has 4 nitrogen and oxygen atoms in total. The lowest BCUT2D eigenvalue weighted by Crippen LogP contribution is -2.47. The highest BCUT2D eigenvalue weighted by Crippen LogP contribution is 2.32. The van der Waals surface area contributed by atoms with Gasteiger partial charge in [-0.25, -0.2) is 4.79 Å². The van der Waals surface area contributed by atoms with Crippen molar-refractivity contribution in [3.63, 3.8) is 0 Å². The zero-order chi connectivity index (χ0) is 14.6. The highest BCUT2D eigenvalue weighted by atomic mass is 79.9. The molecule has 0 spiro atoms. The fraction of sp³-hybridized carbons (Fsp3) is 0.429. The van der Waals surface area contributed by atoms with Crippen LogP contribution in [0.5, 0.6) is 0 Å². The zero-order valence-electron chi connectivity index (χ0n) is 11.4. The molecule has 0 unspecified atom stereocenters. The molecule has 1 atom stereocenters. The molecule has 0 aliphatic carbocycles. The van der Waals surface area contributed by atoms with Crippen molar-refractivity contribution in [1.29, 1.82) is 0 Å². The van der Waals surface area contributed by atoms with E-state index in [9.17, 15) is 9.90 Å². The molecular formula is C14H19BrN2O2. The van der Waals surface area contributed by atoms with Crippen molar-refractivity contribution in [3.8, 4) is 0 Å². The number of aromatic nitrogens is 1. The quantitative estimate of drug-likeness (QED) is 0.842. The first kappa shape index (κ1) is 15.7. The summed E-state index contributed by atoms with van der Waals surface area (Å²) in [6.07, 6.45) is 4.70. The van der Waals surface area contributed by atoms with Crippen LogP contribution in [0.15, 0.2) is 35.6 Å². The Morgan fingerprint density at radius 2 is 2.21 bits per heavy atom. The minimum Gasteiger partial charge on any atom is -0.465 e. The second-order valence-electron chi connectivity index (χ2n) is 5.30. The van der Waals surface area contributed by atoms with Crippen LogP contribution in [0.3, 0.4) is 0 Å². The molecule has 19 heavy (non-hydrogen) atoms. The van der Waals surface area contributed by atoms with Crippen molar-refractivity contribution >= 4 is 22.0 Å². The number of carboxylic acid groups (broad SMARTS) is 1. The van der Waals surface area contributed by atoms with E-state index >= 15 is 0 Å². The van der Waals surface area contributed by atoms with Crippen LogP contribution >= 0.6 is 15.9 Å². The van der Waals surface area contributed by atoms with Crippen molar-refractivity contribution in [3.05, 3.63) is 41.2 Å². The Kier molecular flexibility index (Phi) is 5.11. The van der Waals surface area contributed by atoms with Gasteiger partial charge in [0.1, 0.15) is 0 Å². The molecule has 104 valence electrons. The van der Waals surface area contributed by atoms with Crippen LogP contribution < -0.4 is 0 Å². The van der Waals surface area contributed by atoms with Gasteiger partial charge in [0, 0.05) is 22.4 Å². The van der Waals surface area contributed by atoms with Crippen molar-refractivity contribution in [2.24, 2.45) is 0 Å². The van der Waals surface area contributed by atoms with Gasteiger partial charge in [0.05, 0.1) is 6.04 Å². The summed E-state index contributed by atoms with van der Waals surface area (Å²) in [6, 6.07) is 1.60. The molecule has 0 radical (unpaired) electrons. The number of hydrogen-bond acceptors (Lipinski definition) is 2. The SMILES string of the molecule is C=CC[C@@H](c1cncc(Br)c1)N(C(=O)O)C(C)(C)C. The third-order valence-corrected chi connectivity index (χ3v) is 3.17. The fourth-order valence-corrected chi connectivity index (χ4v) is 2.43. The Labute approximate surface area is 122 Å². The maximum atomic E-state index is 11.6. The monoisotopic (exact) mass is 326 g/mol. The molecule has 1 aromatic rings. The average molecular weight is 327 g/mol. The third-order valence-electron chi connectivity index (χ3n) is 2.74. The van der Waals surface area contributed by atoms with Gasteiger partial charge in [-0.05, 0) is 54.8 Å². The number of pyridine rings is 1. The summed E-state index contributed by atoms with van der Waals surface area (Å²) in [5.74, 6) is 0. The van der Waals surface area contributed by atoms with Crippen LogP contribution in [0, 0.1) is 0 Å². The summed E-state index contributed by atoms with van der Waals surface area (Å²) >= 11 is 3.36. The first-order valence-corrected chi connectivity index (χ1v) is 6.80. The van der Waals surface area contributed by atoms with Gasteiger partial charge in [0.25, 0.3) is 0 Å². The van der Waals surface area contributed by atoms with Gasteiger partial charge in [-0.3, -0.25) is 9.88 Å². The molecule has 1 amide bonds. The first-order valence-electron chi connectivity index (χ1n) is 6.01. The predicted octanol–water partition coefficient (Wildman–Crippen LogP) is 4.24. The van der Waals surface area contributed by atoms with Gasteiger partial charge in [0.2, 0.25) is 0 Å². The maximum absolute atomic E-state index is 11.6. The predicted molar refractivity (Wildman–Crippen MR) is 79.1 cm³/mol. The second kappa shape index (κ2) is 6.19. The summed E-state index contributed by atoms with van der Waals surface area (Å²) in [7, 11) is 0. The molecule has 0 bridgehead atoms. The fourth-order valence-electron chi connectivity index (χ4n) is 2.05. The summed E-state index contributed by atoms with van der Waals surface area (Å²) in [4.78, 5) is 17.1. The van der Waals surface area contributed by atoms with E-state index < -0.39 is 11.6 Å². The number of nitrogens with zero attached hydrogens (tertiary/aromatic N) is 2. The number of carbonyl (C=O) groups is 1. The Morgan fingerprint density at radius 3 is 2.63 bits per heavy atom. The molecule has 1 aromatic heterocycles. The van der Waals surface area contributed by atoms with Gasteiger partial charge in [-0.1, -0.05) is 6.08 Å². The van der Waals surface area contributed by atoms with Crippen LogP contribution in [0.25, 0.3) is 0 Å². The van der Waals surface area contributed by atoms with Gasteiger partial charge in [-0.2, -0.15) is 0 Å². The largest absolute Gasteiger partial charge is 0.465 e. The molecule has 1 heterocycles. The molecule has 0 saturated heterocycles. The minimum absolute atomic E-state index is 0.292.